The van der Waals surface area contributed by atoms with Gasteiger partial charge in [0.1, 0.15) is 6.17 Å². The van der Waals surface area contributed by atoms with Crippen LogP contribution in [-0.2, 0) is 11.3 Å². The summed E-state index contributed by atoms with van der Waals surface area (Å²) in [5.74, 6) is 1.71. The molecule has 4 rings (SSSR count). The highest BCUT2D eigenvalue weighted by Gasteiger charge is 2.41. The van der Waals surface area contributed by atoms with E-state index < -0.39 is 0 Å². The highest BCUT2D eigenvalue weighted by Crippen LogP contribution is 2.38. The molecule has 26 heavy (non-hydrogen) atoms. The fourth-order valence-electron chi connectivity index (χ4n) is 5.11. The van der Waals surface area contributed by atoms with Gasteiger partial charge in [0, 0.05) is 18.2 Å². The standard InChI is InChI=1S/C23H32N2O/c1-16-9-8-14-21(17(16)2)24-22-19-12-6-7-13-20(19)23(26)25(22)15-18-10-4-3-5-11-18/h3-5,10-11,16-17,21-22,24H,6-9,12-15H2,1-2H3/t16-,17+,21+,22+/m1/s1. The summed E-state index contributed by atoms with van der Waals surface area (Å²) in [5, 5.41) is 3.95. The molecule has 0 radical (unpaired) electrons. The maximum Gasteiger partial charge on any atom is 0.251 e. The van der Waals surface area contributed by atoms with Gasteiger partial charge in [-0.05, 0) is 55.1 Å². The van der Waals surface area contributed by atoms with Crippen molar-refractivity contribution in [3.8, 4) is 0 Å². The highest BCUT2D eigenvalue weighted by atomic mass is 16.2. The number of amides is 1. The zero-order chi connectivity index (χ0) is 18.1. The molecular formula is C23H32N2O. The monoisotopic (exact) mass is 352 g/mol. The van der Waals surface area contributed by atoms with E-state index in [1.165, 1.54) is 36.8 Å². The maximum atomic E-state index is 13.2. The number of nitrogens with one attached hydrogen (secondary N) is 1. The van der Waals surface area contributed by atoms with Gasteiger partial charge in [-0.1, -0.05) is 57.0 Å². The highest BCUT2D eigenvalue weighted by molar-refractivity contribution is 5.97. The molecule has 1 saturated carbocycles. The van der Waals surface area contributed by atoms with Crippen LogP contribution in [-0.4, -0.2) is 23.0 Å². The molecule has 1 aromatic rings. The van der Waals surface area contributed by atoms with Gasteiger partial charge in [-0.15, -0.1) is 0 Å². The quantitative estimate of drug-likeness (QED) is 0.856. The van der Waals surface area contributed by atoms with Gasteiger partial charge in [0.15, 0.2) is 0 Å². The van der Waals surface area contributed by atoms with Crippen molar-refractivity contribution in [2.75, 3.05) is 0 Å². The number of benzene rings is 1. The Morgan fingerprint density at radius 3 is 2.62 bits per heavy atom. The van der Waals surface area contributed by atoms with Crippen molar-refractivity contribution in [3.05, 3.63) is 47.0 Å². The third-order valence-electron chi connectivity index (χ3n) is 6.95. The van der Waals surface area contributed by atoms with Gasteiger partial charge in [-0.25, -0.2) is 0 Å². The Morgan fingerprint density at radius 2 is 1.81 bits per heavy atom. The van der Waals surface area contributed by atoms with Crippen LogP contribution in [0.15, 0.2) is 41.5 Å². The van der Waals surface area contributed by atoms with Crippen LogP contribution < -0.4 is 5.32 Å². The lowest BCUT2D eigenvalue weighted by Crippen LogP contribution is -2.52. The molecule has 1 amide bonds. The third-order valence-corrected chi connectivity index (χ3v) is 6.95. The molecule has 4 atom stereocenters. The number of nitrogens with zero attached hydrogens (tertiary/aromatic N) is 1. The average molecular weight is 353 g/mol. The summed E-state index contributed by atoms with van der Waals surface area (Å²) in [6.45, 7) is 5.47. The van der Waals surface area contributed by atoms with Crippen LogP contribution >= 0.6 is 0 Å². The summed E-state index contributed by atoms with van der Waals surface area (Å²) in [6.07, 6.45) is 8.41. The minimum absolute atomic E-state index is 0.107. The van der Waals surface area contributed by atoms with Crippen LogP contribution in [0.1, 0.15) is 64.4 Å². The second-order valence-electron chi connectivity index (χ2n) is 8.57. The Kier molecular flexibility index (Phi) is 5.17. The van der Waals surface area contributed by atoms with Crippen LogP contribution in [0, 0.1) is 11.8 Å². The predicted molar refractivity (Wildman–Crippen MR) is 105 cm³/mol. The van der Waals surface area contributed by atoms with Crippen molar-refractivity contribution in [2.24, 2.45) is 11.8 Å². The SMILES string of the molecule is C[C@H]1[C@H](C)CCC[C@@H]1N[C@@H]1C2=C(CCCC2)C(=O)N1Cc1ccccc1. The Bertz CT molecular complexity index is 681. The van der Waals surface area contributed by atoms with E-state index in [0.717, 1.165) is 30.8 Å². The Morgan fingerprint density at radius 1 is 1.04 bits per heavy atom. The zero-order valence-corrected chi connectivity index (χ0v) is 16.2. The normalized spacial score (nSPS) is 32.1. The van der Waals surface area contributed by atoms with Gasteiger partial charge in [-0.2, -0.15) is 0 Å². The maximum absolute atomic E-state index is 13.2. The summed E-state index contributed by atoms with van der Waals surface area (Å²) < 4.78 is 0. The van der Waals surface area contributed by atoms with Gasteiger partial charge >= 0.3 is 0 Å². The number of hydrogen-bond acceptors (Lipinski definition) is 2. The molecule has 0 aromatic heterocycles. The molecule has 0 bridgehead atoms. The second-order valence-corrected chi connectivity index (χ2v) is 8.57. The van der Waals surface area contributed by atoms with E-state index in [-0.39, 0.29) is 12.1 Å². The summed E-state index contributed by atoms with van der Waals surface area (Å²) in [4.78, 5) is 15.3. The van der Waals surface area contributed by atoms with Gasteiger partial charge in [-0.3, -0.25) is 10.1 Å². The first kappa shape index (κ1) is 17.8. The van der Waals surface area contributed by atoms with Crippen molar-refractivity contribution in [1.82, 2.24) is 10.2 Å². The second kappa shape index (κ2) is 7.56. The largest absolute Gasteiger partial charge is 0.315 e. The van der Waals surface area contributed by atoms with Crippen LogP contribution in [0.3, 0.4) is 0 Å². The van der Waals surface area contributed by atoms with E-state index in [0.29, 0.717) is 18.5 Å². The molecule has 1 N–H and O–H groups in total. The fraction of sp³-hybridized carbons (Fsp3) is 0.609. The van der Waals surface area contributed by atoms with Crippen molar-refractivity contribution >= 4 is 5.91 Å². The van der Waals surface area contributed by atoms with Gasteiger partial charge in [0.05, 0.1) is 0 Å². The molecule has 1 aromatic carbocycles. The molecule has 0 saturated heterocycles. The molecule has 2 aliphatic carbocycles. The van der Waals surface area contributed by atoms with Crippen molar-refractivity contribution in [3.63, 3.8) is 0 Å². The van der Waals surface area contributed by atoms with E-state index in [2.05, 4.69) is 48.3 Å². The van der Waals surface area contributed by atoms with Gasteiger partial charge in [0.25, 0.3) is 5.91 Å². The van der Waals surface area contributed by atoms with E-state index in [4.69, 9.17) is 0 Å². The minimum Gasteiger partial charge on any atom is -0.315 e. The van der Waals surface area contributed by atoms with Crippen LogP contribution in [0.4, 0.5) is 0 Å². The molecule has 3 aliphatic rings. The molecule has 0 unspecified atom stereocenters. The lowest BCUT2D eigenvalue weighted by molar-refractivity contribution is -0.128. The van der Waals surface area contributed by atoms with E-state index >= 15 is 0 Å². The molecule has 1 fully saturated rings. The van der Waals surface area contributed by atoms with Crippen molar-refractivity contribution < 1.29 is 4.79 Å². The molecule has 3 nitrogen and oxygen atoms in total. The molecule has 3 heteroatoms. The first-order valence-corrected chi connectivity index (χ1v) is 10.5. The molecule has 140 valence electrons. The van der Waals surface area contributed by atoms with Crippen molar-refractivity contribution in [2.45, 2.75) is 77.5 Å². The summed E-state index contributed by atoms with van der Waals surface area (Å²) in [6, 6.07) is 11.0. The average Bonchev–Trinajstić information content (AvgIpc) is 2.92. The first-order valence-electron chi connectivity index (χ1n) is 10.5. The Hall–Kier alpha value is -1.61. The van der Waals surface area contributed by atoms with Gasteiger partial charge in [0.2, 0.25) is 0 Å². The lowest BCUT2D eigenvalue weighted by atomic mass is 9.77. The number of hydrogen-bond donors (Lipinski definition) is 1. The Labute approximate surface area is 157 Å². The molecule has 1 heterocycles. The lowest BCUT2D eigenvalue weighted by Gasteiger charge is -2.39. The molecular weight excluding hydrogens is 320 g/mol. The van der Waals surface area contributed by atoms with Gasteiger partial charge < -0.3 is 4.90 Å². The smallest absolute Gasteiger partial charge is 0.251 e. The number of carbonyl (C=O) groups excluding carboxylic acids is 1. The minimum atomic E-state index is 0.107. The van der Waals surface area contributed by atoms with Crippen LogP contribution in [0.2, 0.25) is 0 Å². The third kappa shape index (κ3) is 3.34. The molecule has 1 aliphatic heterocycles. The predicted octanol–water partition coefficient (Wildman–Crippen LogP) is 4.64. The summed E-state index contributed by atoms with van der Waals surface area (Å²) in [5.41, 5.74) is 3.72. The summed E-state index contributed by atoms with van der Waals surface area (Å²) in [7, 11) is 0. The zero-order valence-electron chi connectivity index (χ0n) is 16.2. The molecule has 0 spiro atoms. The van der Waals surface area contributed by atoms with E-state index in [9.17, 15) is 4.79 Å². The first-order chi connectivity index (χ1) is 12.6. The van der Waals surface area contributed by atoms with Crippen LogP contribution in [0.25, 0.3) is 0 Å². The number of carbonyl (C=O) groups is 1. The summed E-state index contributed by atoms with van der Waals surface area (Å²) >= 11 is 0. The van der Waals surface area contributed by atoms with Crippen LogP contribution in [0.5, 0.6) is 0 Å². The Balaban J connectivity index is 1.58. The van der Waals surface area contributed by atoms with E-state index in [1.54, 1.807) is 0 Å². The number of rotatable bonds is 4. The fourth-order valence-corrected chi connectivity index (χ4v) is 5.11. The van der Waals surface area contributed by atoms with E-state index in [1.807, 2.05) is 6.07 Å². The van der Waals surface area contributed by atoms with Crippen molar-refractivity contribution in [1.29, 1.82) is 0 Å². The topological polar surface area (TPSA) is 32.3 Å².